The number of hydrogen-bond donors (Lipinski definition) is 1. The van der Waals surface area contributed by atoms with Crippen LogP contribution in [0.25, 0.3) is 0 Å². The fraction of sp³-hybridized carbons (Fsp3) is 0.364. The summed E-state index contributed by atoms with van der Waals surface area (Å²) >= 11 is 0. The molecular weight excluding hydrogens is 180 g/mol. The maximum Gasteiger partial charge on any atom is 0.338 e. The Morgan fingerprint density at radius 1 is 1.43 bits per heavy atom. The van der Waals surface area contributed by atoms with Gasteiger partial charge in [-0.15, -0.1) is 0 Å². The van der Waals surface area contributed by atoms with E-state index in [9.17, 15) is 4.79 Å². The molecule has 3 nitrogen and oxygen atoms in total. The number of hydrogen-bond acceptors (Lipinski definition) is 3. The second-order valence-corrected chi connectivity index (χ2v) is 2.98. The maximum absolute atomic E-state index is 11.3. The molecule has 0 aliphatic heterocycles. The van der Waals surface area contributed by atoms with Gasteiger partial charge in [-0.05, 0) is 24.5 Å². The summed E-state index contributed by atoms with van der Waals surface area (Å²) in [7, 11) is 1.37. The average Bonchev–Trinajstić information content (AvgIpc) is 2.25. The quantitative estimate of drug-likeness (QED) is 0.737. The highest BCUT2D eigenvalue weighted by molar-refractivity contribution is 5.90. The lowest BCUT2D eigenvalue weighted by atomic mass is 10.0. The highest BCUT2D eigenvalue weighted by Crippen LogP contribution is 2.11. The first-order valence-corrected chi connectivity index (χ1v) is 4.56. The van der Waals surface area contributed by atoms with E-state index in [2.05, 4.69) is 4.74 Å². The van der Waals surface area contributed by atoms with Crippen LogP contribution < -0.4 is 0 Å². The van der Waals surface area contributed by atoms with Crippen molar-refractivity contribution in [3.63, 3.8) is 0 Å². The molecule has 0 aliphatic carbocycles. The van der Waals surface area contributed by atoms with Crippen molar-refractivity contribution in [2.75, 3.05) is 13.7 Å². The van der Waals surface area contributed by atoms with Gasteiger partial charge in [0.1, 0.15) is 0 Å². The van der Waals surface area contributed by atoms with E-state index in [0.29, 0.717) is 18.4 Å². The van der Waals surface area contributed by atoms with Crippen molar-refractivity contribution in [1.82, 2.24) is 0 Å². The van der Waals surface area contributed by atoms with Gasteiger partial charge in [-0.3, -0.25) is 0 Å². The third kappa shape index (κ3) is 2.57. The van der Waals surface area contributed by atoms with Gasteiger partial charge in [-0.2, -0.15) is 0 Å². The van der Waals surface area contributed by atoms with Crippen molar-refractivity contribution >= 4 is 5.97 Å². The van der Waals surface area contributed by atoms with Gasteiger partial charge in [0.25, 0.3) is 0 Å². The highest BCUT2D eigenvalue weighted by atomic mass is 16.5. The molecule has 0 radical (unpaired) electrons. The summed E-state index contributed by atoms with van der Waals surface area (Å²) in [6.45, 7) is 0.134. The minimum atomic E-state index is -0.321. The normalized spacial score (nSPS) is 9.86. The molecule has 1 N–H and O–H groups in total. The van der Waals surface area contributed by atoms with E-state index < -0.39 is 0 Å². The third-order valence-electron chi connectivity index (χ3n) is 2.03. The monoisotopic (exact) mass is 194 g/mol. The van der Waals surface area contributed by atoms with Crippen molar-refractivity contribution in [2.24, 2.45) is 0 Å². The van der Waals surface area contributed by atoms with Gasteiger partial charge in [-0.1, -0.05) is 18.2 Å². The van der Waals surface area contributed by atoms with E-state index >= 15 is 0 Å². The summed E-state index contributed by atoms with van der Waals surface area (Å²) in [5.41, 5.74) is 1.51. The van der Waals surface area contributed by atoms with Crippen molar-refractivity contribution in [2.45, 2.75) is 12.8 Å². The minimum absolute atomic E-state index is 0.134. The van der Waals surface area contributed by atoms with Crippen molar-refractivity contribution in [3.05, 3.63) is 35.4 Å². The molecule has 1 rings (SSSR count). The number of aliphatic hydroxyl groups excluding tert-OH is 1. The predicted octanol–water partition coefficient (Wildman–Crippen LogP) is 1.40. The molecule has 1 aromatic rings. The molecule has 1 aromatic carbocycles. The van der Waals surface area contributed by atoms with Crippen molar-refractivity contribution in [3.8, 4) is 0 Å². The van der Waals surface area contributed by atoms with Gasteiger partial charge in [0, 0.05) is 6.61 Å². The van der Waals surface area contributed by atoms with E-state index in [-0.39, 0.29) is 12.6 Å². The first kappa shape index (κ1) is 10.7. The third-order valence-corrected chi connectivity index (χ3v) is 2.03. The summed E-state index contributed by atoms with van der Waals surface area (Å²) < 4.78 is 4.66. The lowest BCUT2D eigenvalue weighted by Crippen LogP contribution is -2.05. The number of aliphatic hydroxyl groups is 1. The van der Waals surface area contributed by atoms with E-state index in [0.717, 1.165) is 5.56 Å². The minimum Gasteiger partial charge on any atom is -0.465 e. The molecule has 0 fully saturated rings. The Kier molecular flexibility index (Phi) is 4.13. The Morgan fingerprint density at radius 2 is 2.14 bits per heavy atom. The van der Waals surface area contributed by atoms with E-state index in [1.54, 1.807) is 12.1 Å². The first-order valence-electron chi connectivity index (χ1n) is 4.56. The number of aryl methyl sites for hydroxylation is 1. The number of ether oxygens (including phenoxy) is 1. The Bertz CT molecular complexity index is 307. The van der Waals surface area contributed by atoms with Crippen LogP contribution in [0.3, 0.4) is 0 Å². The molecule has 0 saturated carbocycles. The van der Waals surface area contributed by atoms with Crippen LogP contribution in [0.4, 0.5) is 0 Å². The van der Waals surface area contributed by atoms with Gasteiger partial charge >= 0.3 is 5.97 Å². The maximum atomic E-state index is 11.3. The van der Waals surface area contributed by atoms with Crippen LogP contribution in [0.15, 0.2) is 24.3 Å². The molecule has 0 aromatic heterocycles. The summed E-state index contributed by atoms with van der Waals surface area (Å²) in [5.74, 6) is -0.321. The van der Waals surface area contributed by atoms with Crippen molar-refractivity contribution < 1.29 is 14.6 Å². The summed E-state index contributed by atoms with van der Waals surface area (Å²) in [6, 6.07) is 7.29. The summed E-state index contributed by atoms with van der Waals surface area (Å²) in [4.78, 5) is 11.3. The molecule has 0 unspecified atom stereocenters. The molecule has 0 atom stereocenters. The molecule has 0 spiro atoms. The van der Waals surface area contributed by atoms with E-state index in [4.69, 9.17) is 5.11 Å². The number of methoxy groups -OCH3 is 1. The smallest absolute Gasteiger partial charge is 0.338 e. The SMILES string of the molecule is COC(=O)c1ccccc1CCCO. The standard InChI is InChI=1S/C11H14O3/c1-14-11(13)10-7-3-2-5-9(10)6-4-8-12/h2-3,5,7,12H,4,6,8H2,1H3. The molecule has 3 heteroatoms. The van der Waals surface area contributed by atoms with Gasteiger partial charge < -0.3 is 9.84 Å². The highest BCUT2D eigenvalue weighted by Gasteiger charge is 2.09. The van der Waals surface area contributed by atoms with Gasteiger partial charge in [0.05, 0.1) is 12.7 Å². The Labute approximate surface area is 83.3 Å². The zero-order chi connectivity index (χ0) is 10.4. The van der Waals surface area contributed by atoms with Crippen LogP contribution in [-0.4, -0.2) is 24.8 Å². The lowest BCUT2D eigenvalue weighted by Gasteiger charge is -2.06. The van der Waals surface area contributed by atoms with Crippen LogP contribution in [-0.2, 0) is 11.2 Å². The second-order valence-electron chi connectivity index (χ2n) is 2.98. The average molecular weight is 194 g/mol. The molecule has 0 heterocycles. The summed E-state index contributed by atoms with van der Waals surface area (Å²) in [5, 5.41) is 8.70. The summed E-state index contributed by atoms with van der Waals surface area (Å²) in [6.07, 6.45) is 1.36. The molecule has 14 heavy (non-hydrogen) atoms. The van der Waals surface area contributed by atoms with Crippen LogP contribution >= 0.6 is 0 Å². The number of carbonyl (C=O) groups is 1. The van der Waals surface area contributed by atoms with Gasteiger partial charge in [0.2, 0.25) is 0 Å². The number of carbonyl (C=O) groups excluding carboxylic acids is 1. The van der Waals surface area contributed by atoms with Crippen molar-refractivity contribution in [1.29, 1.82) is 0 Å². The predicted molar refractivity (Wildman–Crippen MR) is 53.2 cm³/mol. The number of esters is 1. The zero-order valence-electron chi connectivity index (χ0n) is 8.19. The fourth-order valence-electron chi connectivity index (χ4n) is 1.32. The Hall–Kier alpha value is -1.35. The Balaban J connectivity index is 2.85. The van der Waals surface area contributed by atoms with E-state index in [1.807, 2.05) is 12.1 Å². The fourth-order valence-corrected chi connectivity index (χ4v) is 1.32. The molecule has 0 bridgehead atoms. The molecule has 0 amide bonds. The zero-order valence-corrected chi connectivity index (χ0v) is 8.19. The second kappa shape index (κ2) is 5.40. The van der Waals surface area contributed by atoms with Crippen LogP contribution in [0.2, 0.25) is 0 Å². The molecule has 0 saturated heterocycles. The van der Waals surface area contributed by atoms with Gasteiger partial charge in [0.15, 0.2) is 0 Å². The molecular formula is C11H14O3. The number of benzene rings is 1. The largest absolute Gasteiger partial charge is 0.465 e. The topological polar surface area (TPSA) is 46.5 Å². The van der Waals surface area contributed by atoms with Crippen LogP contribution in [0, 0.1) is 0 Å². The first-order chi connectivity index (χ1) is 6.79. The molecule has 76 valence electrons. The Morgan fingerprint density at radius 3 is 2.79 bits per heavy atom. The molecule has 0 aliphatic rings. The number of rotatable bonds is 4. The van der Waals surface area contributed by atoms with E-state index in [1.165, 1.54) is 7.11 Å². The van der Waals surface area contributed by atoms with Crippen LogP contribution in [0.5, 0.6) is 0 Å². The van der Waals surface area contributed by atoms with Crippen LogP contribution in [0.1, 0.15) is 22.3 Å². The van der Waals surface area contributed by atoms with Gasteiger partial charge in [-0.25, -0.2) is 4.79 Å². The lowest BCUT2D eigenvalue weighted by molar-refractivity contribution is 0.0599.